The van der Waals surface area contributed by atoms with Gasteiger partial charge in [-0.1, -0.05) is 55.5 Å². The lowest BCUT2D eigenvalue weighted by atomic mass is 9.86. The molecule has 2 aromatic carbocycles. The van der Waals surface area contributed by atoms with Crippen molar-refractivity contribution in [1.82, 2.24) is 10.6 Å². The van der Waals surface area contributed by atoms with Crippen molar-refractivity contribution < 1.29 is 24.2 Å². The molecule has 7 nitrogen and oxygen atoms in total. The number of carbonyl (C=O) groups is 3. The topological polar surface area (TPSA) is 105 Å². The summed E-state index contributed by atoms with van der Waals surface area (Å²) in [5.41, 5.74) is 2.49. The zero-order valence-corrected chi connectivity index (χ0v) is 21.0. The maximum atomic E-state index is 13.3. The molecule has 2 amide bonds. The predicted octanol–water partition coefficient (Wildman–Crippen LogP) is 4.55. The highest BCUT2D eigenvalue weighted by Gasteiger charge is 2.42. The minimum Gasteiger partial charge on any atom is -0.481 e. The van der Waals surface area contributed by atoms with Crippen molar-refractivity contribution in [3.8, 4) is 11.1 Å². The van der Waals surface area contributed by atoms with Gasteiger partial charge in [0.2, 0.25) is 5.91 Å². The van der Waals surface area contributed by atoms with Gasteiger partial charge in [-0.25, -0.2) is 4.79 Å². The highest BCUT2D eigenvalue weighted by atomic mass is 32.2. The molecule has 4 rings (SSSR count). The number of alkyl carbamates (subject to hydrolysis) is 1. The summed E-state index contributed by atoms with van der Waals surface area (Å²) in [7, 11) is 0. The van der Waals surface area contributed by atoms with E-state index in [1.165, 1.54) is 0 Å². The second-order valence-electron chi connectivity index (χ2n) is 9.55. The van der Waals surface area contributed by atoms with Crippen molar-refractivity contribution in [3.63, 3.8) is 0 Å². The summed E-state index contributed by atoms with van der Waals surface area (Å²) in [4.78, 5) is 37.6. The lowest BCUT2D eigenvalue weighted by Gasteiger charge is -2.40. The smallest absolute Gasteiger partial charge is 0.408 e. The molecule has 1 aliphatic carbocycles. The van der Waals surface area contributed by atoms with Gasteiger partial charge in [0.25, 0.3) is 0 Å². The normalized spacial score (nSPS) is 18.0. The first kappa shape index (κ1) is 25.1. The van der Waals surface area contributed by atoms with Crippen LogP contribution in [0.2, 0.25) is 0 Å². The first-order valence-electron chi connectivity index (χ1n) is 12.0. The molecule has 1 aliphatic heterocycles. The van der Waals surface area contributed by atoms with Crippen LogP contribution < -0.4 is 10.6 Å². The zero-order chi connectivity index (χ0) is 25.1. The molecule has 2 aromatic rings. The number of aliphatic carboxylic acids is 1. The Kier molecular flexibility index (Phi) is 7.40. The molecule has 35 heavy (non-hydrogen) atoms. The van der Waals surface area contributed by atoms with Crippen molar-refractivity contribution in [2.75, 3.05) is 18.1 Å². The number of ether oxygens (including phenoxy) is 1. The number of thioether (sulfide) groups is 1. The number of hydrogen-bond donors (Lipinski definition) is 3. The molecule has 0 spiro atoms. The highest BCUT2D eigenvalue weighted by molar-refractivity contribution is 7.99. The van der Waals surface area contributed by atoms with E-state index >= 15 is 0 Å². The molecule has 1 fully saturated rings. The summed E-state index contributed by atoms with van der Waals surface area (Å²) >= 11 is 1.75. The maximum absolute atomic E-state index is 13.3. The quantitative estimate of drug-likeness (QED) is 0.495. The van der Waals surface area contributed by atoms with Crippen molar-refractivity contribution >= 4 is 29.7 Å². The Morgan fingerprint density at radius 3 is 2.17 bits per heavy atom. The number of rotatable bonds is 8. The highest BCUT2D eigenvalue weighted by Crippen LogP contribution is 2.44. The van der Waals surface area contributed by atoms with E-state index in [0.717, 1.165) is 33.8 Å². The van der Waals surface area contributed by atoms with E-state index in [4.69, 9.17) is 4.74 Å². The molecule has 3 N–H and O–H groups in total. The van der Waals surface area contributed by atoms with E-state index in [2.05, 4.69) is 34.9 Å². The number of fused-ring (bicyclic) bond motifs is 3. The molecule has 2 aliphatic rings. The van der Waals surface area contributed by atoms with Crippen LogP contribution in [0.3, 0.4) is 0 Å². The lowest BCUT2D eigenvalue weighted by molar-refractivity contribution is -0.139. The number of carbonyl (C=O) groups excluding carboxylic acids is 2. The van der Waals surface area contributed by atoms with Gasteiger partial charge in [0.15, 0.2) is 0 Å². The van der Waals surface area contributed by atoms with Crippen LogP contribution in [0.15, 0.2) is 48.5 Å². The average molecular weight is 497 g/mol. The molecule has 0 saturated carbocycles. The van der Waals surface area contributed by atoms with Gasteiger partial charge in [-0.2, -0.15) is 11.8 Å². The van der Waals surface area contributed by atoms with Gasteiger partial charge in [0, 0.05) is 5.92 Å². The van der Waals surface area contributed by atoms with Crippen LogP contribution in [0.4, 0.5) is 4.79 Å². The molecule has 0 bridgehead atoms. The molecule has 0 radical (unpaired) electrons. The minimum atomic E-state index is -1.22. The van der Waals surface area contributed by atoms with Gasteiger partial charge in [-0.3, -0.25) is 9.59 Å². The zero-order valence-electron chi connectivity index (χ0n) is 20.1. The summed E-state index contributed by atoms with van der Waals surface area (Å²) < 4.78 is 5.64. The number of carboxylic acid groups (broad SMARTS) is 1. The van der Waals surface area contributed by atoms with Crippen LogP contribution in [0.5, 0.6) is 0 Å². The number of nitrogens with one attached hydrogen (secondary N) is 2. The fraction of sp³-hybridized carbons (Fsp3) is 0.444. The van der Waals surface area contributed by atoms with Gasteiger partial charge < -0.3 is 20.5 Å². The first-order chi connectivity index (χ1) is 16.8. The Balaban J connectivity index is 1.43. The summed E-state index contributed by atoms with van der Waals surface area (Å²) in [5, 5.41) is 15.1. The second-order valence-corrected chi connectivity index (χ2v) is 10.8. The molecule has 1 atom stereocenters. The Hall–Kier alpha value is -3.00. The van der Waals surface area contributed by atoms with E-state index in [9.17, 15) is 19.5 Å². The lowest BCUT2D eigenvalue weighted by Crippen LogP contribution is -2.63. The van der Waals surface area contributed by atoms with Crippen LogP contribution in [-0.4, -0.2) is 52.3 Å². The molecule has 0 aromatic heterocycles. The van der Waals surface area contributed by atoms with Crippen LogP contribution in [-0.2, 0) is 14.3 Å². The Labute approximate surface area is 210 Å². The Morgan fingerprint density at radius 1 is 1.06 bits per heavy atom. The van der Waals surface area contributed by atoms with Crippen molar-refractivity contribution in [3.05, 3.63) is 59.7 Å². The van der Waals surface area contributed by atoms with Gasteiger partial charge >= 0.3 is 12.1 Å². The van der Waals surface area contributed by atoms with Crippen molar-refractivity contribution in [2.24, 2.45) is 0 Å². The summed E-state index contributed by atoms with van der Waals surface area (Å²) in [5.74, 6) is 0.168. The third-order valence-electron chi connectivity index (χ3n) is 7.25. The molecular formula is C27H32N2O5S. The third kappa shape index (κ3) is 5.32. The number of benzene rings is 2. The summed E-state index contributed by atoms with van der Waals surface area (Å²) in [6.07, 6.45) is 0.698. The second kappa shape index (κ2) is 10.3. The van der Waals surface area contributed by atoms with Crippen molar-refractivity contribution in [1.29, 1.82) is 0 Å². The monoisotopic (exact) mass is 496 g/mol. The van der Waals surface area contributed by atoms with Gasteiger partial charge in [0.05, 0.1) is 12.0 Å². The number of carboxylic acids is 1. The molecule has 8 heteroatoms. The maximum Gasteiger partial charge on any atom is 0.408 e. The van der Waals surface area contributed by atoms with E-state index in [1.807, 2.05) is 31.2 Å². The number of amides is 2. The molecule has 186 valence electrons. The number of hydrogen-bond acceptors (Lipinski definition) is 5. The molecule has 1 unspecified atom stereocenters. The predicted molar refractivity (Wildman–Crippen MR) is 137 cm³/mol. The van der Waals surface area contributed by atoms with Gasteiger partial charge in [-0.15, -0.1) is 0 Å². The van der Waals surface area contributed by atoms with Crippen LogP contribution in [0, 0.1) is 0 Å². The van der Waals surface area contributed by atoms with Crippen LogP contribution in [0.1, 0.15) is 56.6 Å². The first-order valence-corrected chi connectivity index (χ1v) is 13.2. The third-order valence-corrected chi connectivity index (χ3v) is 8.23. The largest absolute Gasteiger partial charge is 0.481 e. The Bertz CT molecular complexity index is 1070. The Morgan fingerprint density at radius 2 is 1.63 bits per heavy atom. The fourth-order valence-corrected chi connectivity index (χ4v) is 6.22. The van der Waals surface area contributed by atoms with Crippen molar-refractivity contribution in [2.45, 2.75) is 56.5 Å². The summed E-state index contributed by atoms with van der Waals surface area (Å²) in [6, 6.07) is 16.2. The van der Waals surface area contributed by atoms with Gasteiger partial charge in [-0.05, 0) is 59.9 Å². The minimum absolute atomic E-state index is 0.0755. The van der Waals surface area contributed by atoms with E-state index < -0.39 is 23.1 Å². The average Bonchev–Trinajstić information content (AvgIpc) is 3.16. The van der Waals surface area contributed by atoms with Gasteiger partial charge in [0.1, 0.15) is 12.1 Å². The van der Waals surface area contributed by atoms with E-state index in [-0.39, 0.29) is 24.9 Å². The SMILES string of the molecule is CCC(C)(NC(=O)OCC1c2ccccc2-c2ccccc21)C(=O)NC1(CC(=O)O)CCSCC1. The summed E-state index contributed by atoms with van der Waals surface area (Å²) in [6.45, 7) is 3.61. The molecular weight excluding hydrogens is 464 g/mol. The molecule has 1 saturated heterocycles. The fourth-order valence-electron chi connectivity index (χ4n) is 4.94. The van der Waals surface area contributed by atoms with Crippen LogP contribution >= 0.6 is 11.8 Å². The standard InChI is InChI=1S/C27H32N2O5S/c1-3-26(2,24(32)28-27(16-23(30)31)12-14-35-15-13-27)29-25(33)34-17-22-20-10-6-4-8-18(20)19-9-5-7-11-21(19)22/h4-11,22H,3,12-17H2,1-2H3,(H,28,32)(H,29,33)(H,30,31). The van der Waals surface area contributed by atoms with Crippen LogP contribution in [0.25, 0.3) is 11.1 Å². The van der Waals surface area contributed by atoms with E-state index in [0.29, 0.717) is 19.3 Å². The van der Waals surface area contributed by atoms with E-state index in [1.54, 1.807) is 18.7 Å². The molecule has 1 heterocycles.